The average molecular weight is 531 g/mol. The molecule has 0 aliphatic rings. The lowest BCUT2D eigenvalue weighted by atomic mass is 9.97. The van der Waals surface area contributed by atoms with E-state index in [4.69, 9.17) is 22.9 Å². The zero-order valence-corrected chi connectivity index (χ0v) is 21.4. The number of aliphatic carboxylic acids is 2. The van der Waals surface area contributed by atoms with Gasteiger partial charge in [0, 0.05) is 6.54 Å². The van der Waals surface area contributed by atoms with Crippen LogP contribution in [0, 0.1) is 5.92 Å². The van der Waals surface area contributed by atoms with E-state index in [0.29, 0.717) is 32.2 Å². The van der Waals surface area contributed by atoms with E-state index in [1.807, 2.05) is 0 Å². The SMILES string of the molecule is CCC(C)C(NC(=O)C(CC(=O)O)NC(=O)C(N)CCCN=C(N)N)C(=O)NC(CCCCN)C(=O)O. The van der Waals surface area contributed by atoms with Crippen LogP contribution in [0.3, 0.4) is 0 Å². The Kier molecular flexibility index (Phi) is 16.2. The fourth-order valence-corrected chi connectivity index (χ4v) is 3.28. The zero-order valence-electron chi connectivity index (χ0n) is 21.4. The van der Waals surface area contributed by atoms with Gasteiger partial charge >= 0.3 is 11.9 Å². The Morgan fingerprint density at radius 1 is 0.865 bits per heavy atom. The number of nitrogens with zero attached hydrogens (tertiary/aromatic N) is 1. The first-order valence-electron chi connectivity index (χ1n) is 12.2. The van der Waals surface area contributed by atoms with Gasteiger partial charge in [-0.25, -0.2) is 4.79 Å². The van der Waals surface area contributed by atoms with Crippen molar-refractivity contribution in [1.82, 2.24) is 16.0 Å². The van der Waals surface area contributed by atoms with E-state index in [0.717, 1.165) is 0 Å². The van der Waals surface area contributed by atoms with Crippen LogP contribution in [-0.2, 0) is 24.0 Å². The summed E-state index contributed by atoms with van der Waals surface area (Å²) >= 11 is 0. The van der Waals surface area contributed by atoms with Crippen LogP contribution in [0.4, 0.5) is 0 Å². The lowest BCUT2D eigenvalue weighted by molar-refractivity contribution is -0.143. The fourth-order valence-electron chi connectivity index (χ4n) is 3.28. The van der Waals surface area contributed by atoms with Crippen molar-refractivity contribution in [2.75, 3.05) is 13.1 Å². The van der Waals surface area contributed by atoms with E-state index in [1.54, 1.807) is 13.8 Å². The molecule has 3 amide bonds. The molecule has 0 heterocycles. The van der Waals surface area contributed by atoms with Crippen LogP contribution in [0.2, 0.25) is 0 Å². The number of rotatable bonds is 19. The number of hydrogen-bond donors (Lipinski definition) is 9. The van der Waals surface area contributed by atoms with E-state index in [2.05, 4.69) is 20.9 Å². The van der Waals surface area contributed by atoms with E-state index in [1.165, 1.54) is 0 Å². The molecule has 37 heavy (non-hydrogen) atoms. The molecule has 5 atom stereocenters. The number of unbranched alkanes of at least 4 members (excludes halogenated alkanes) is 1. The summed E-state index contributed by atoms with van der Waals surface area (Å²) in [6, 6.07) is -4.94. The van der Waals surface area contributed by atoms with Gasteiger partial charge in [-0.05, 0) is 44.6 Å². The zero-order chi connectivity index (χ0) is 28.5. The Bertz CT molecular complexity index is 804. The van der Waals surface area contributed by atoms with Crippen molar-refractivity contribution in [3.05, 3.63) is 0 Å². The molecule has 5 unspecified atom stereocenters. The maximum absolute atomic E-state index is 13.0. The van der Waals surface area contributed by atoms with Crippen molar-refractivity contribution in [3.8, 4) is 0 Å². The van der Waals surface area contributed by atoms with Gasteiger partial charge in [0.15, 0.2) is 5.96 Å². The second-order valence-electron chi connectivity index (χ2n) is 8.77. The lowest BCUT2D eigenvalue weighted by Gasteiger charge is -2.27. The fraction of sp³-hybridized carbons (Fsp3) is 0.727. The highest BCUT2D eigenvalue weighted by Gasteiger charge is 2.33. The number of nitrogens with one attached hydrogen (secondary N) is 3. The van der Waals surface area contributed by atoms with E-state index in [-0.39, 0.29) is 25.3 Å². The minimum Gasteiger partial charge on any atom is -0.481 e. The smallest absolute Gasteiger partial charge is 0.326 e. The molecule has 0 saturated heterocycles. The number of carbonyl (C=O) groups excluding carboxylic acids is 3. The number of carboxylic acid groups (broad SMARTS) is 2. The first kappa shape index (κ1) is 33.5. The topological polar surface area (TPSA) is 278 Å². The van der Waals surface area contributed by atoms with Gasteiger partial charge in [-0.1, -0.05) is 20.3 Å². The Morgan fingerprint density at radius 2 is 1.49 bits per heavy atom. The molecule has 0 bridgehead atoms. The van der Waals surface area contributed by atoms with Crippen LogP contribution in [0.5, 0.6) is 0 Å². The molecule has 15 nitrogen and oxygen atoms in total. The minimum absolute atomic E-state index is 0.110. The first-order chi connectivity index (χ1) is 17.3. The summed E-state index contributed by atoms with van der Waals surface area (Å²) in [6.07, 6.45) is 1.44. The van der Waals surface area contributed by atoms with Gasteiger partial charge in [0.1, 0.15) is 18.1 Å². The van der Waals surface area contributed by atoms with Crippen molar-refractivity contribution in [1.29, 1.82) is 0 Å². The van der Waals surface area contributed by atoms with E-state index >= 15 is 0 Å². The molecule has 0 aromatic carbocycles. The molecule has 0 radical (unpaired) electrons. The highest BCUT2D eigenvalue weighted by atomic mass is 16.4. The summed E-state index contributed by atoms with van der Waals surface area (Å²) in [4.78, 5) is 65.1. The molecule has 0 fully saturated rings. The number of carboxylic acids is 2. The van der Waals surface area contributed by atoms with Gasteiger partial charge in [0.05, 0.1) is 12.5 Å². The number of guanidine groups is 1. The summed E-state index contributed by atoms with van der Waals surface area (Å²) in [5, 5.41) is 25.9. The molecule has 0 saturated carbocycles. The van der Waals surface area contributed by atoms with Crippen molar-refractivity contribution >= 4 is 35.6 Å². The number of amides is 3. The third kappa shape index (κ3) is 14.0. The van der Waals surface area contributed by atoms with Gasteiger partial charge in [0.25, 0.3) is 0 Å². The minimum atomic E-state index is -1.52. The molecule has 0 spiro atoms. The molecule has 13 N–H and O–H groups in total. The van der Waals surface area contributed by atoms with Crippen LogP contribution in [0.15, 0.2) is 4.99 Å². The maximum atomic E-state index is 13.0. The molecular formula is C22H42N8O7. The summed E-state index contributed by atoms with van der Waals surface area (Å²) in [7, 11) is 0. The Morgan fingerprint density at radius 3 is 2.00 bits per heavy atom. The van der Waals surface area contributed by atoms with Crippen LogP contribution in [0.1, 0.15) is 58.8 Å². The maximum Gasteiger partial charge on any atom is 0.326 e. The Hall–Kier alpha value is -3.46. The molecule has 0 aromatic heterocycles. The number of nitrogens with two attached hydrogens (primary N) is 4. The molecular weight excluding hydrogens is 488 g/mol. The number of carbonyl (C=O) groups is 5. The normalized spacial score (nSPS) is 14.8. The second-order valence-corrected chi connectivity index (χ2v) is 8.77. The van der Waals surface area contributed by atoms with E-state index < -0.39 is 66.2 Å². The molecule has 0 rings (SSSR count). The highest BCUT2D eigenvalue weighted by molar-refractivity contribution is 5.95. The highest BCUT2D eigenvalue weighted by Crippen LogP contribution is 2.11. The number of hydrogen-bond acceptors (Lipinski definition) is 8. The summed E-state index contributed by atoms with van der Waals surface area (Å²) in [5.74, 6) is -5.55. The van der Waals surface area contributed by atoms with Crippen molar-refractivity contribution in [2.45, 2.75) is 83.0 Å². The monoisotopic (exact) mass is 530 g/mol. The summed E-state index contributed by atoms with van der Waals surface area (Å²) < 4.78 is 0. The molecule has 0 aliphatic heterocycles. The predicted molar refractivity (Wildman–Crippen MR) is 136 cm³/mol. The molecule has 0 aromatic rings. The standard InChI is InChI=1S/C22H42N8O7/c1-3-12(2)17(20(35)28-14(21(36)37)8-4-5-9-23)30-19(34)15(11-16(31)32)29-18(33)13(24)7-6-10-27-22(25)26/h12-15,17H,3-11,23-24H2,1-2H3,(H,28,35)(H,29,33)(H,30,34)(H,31,32)(H,36,37)(H4,25,26,27). The second kappa shape index (κ2) is 17.9. The van der Waals surface area contributed by atoms with Crippen molar-refractivity contribution < 1.29 is 34.2 Å². The quantitative estimate of drug-likeness (QED) is 0.0480. The Labute approximate surface area is 216 Å². The third-order valence-corrected chi connectivity index (χ3v) is 5.67. The third-order valence-electron chi connectivity index (χ3n) is 5.67. The van der Waals surface area contributed by atoms with Crippen molar-refractivity contribution in [3.63, 3.8) is 0 Å². The van der Waals surface area contributed by atoms with Crippen LogP contribution < -0.4 is 38.9 Å². The van der Waals surface area contributed by atoms with Crippen LogP contribution in [-0.4, -0.2) is 83.1 Å². The van der Waals surface area contributed by atoms with Crippen molar-refractivity contribution in [2.24, 2.45) is 33.8 Å². The van der Waals surface area contributed by atoms with Crippen LogP contribution in [0.25, 0.3) is 0 Å². The Balaban J connectivity index is 5.44. The van der Waals surface area contributed by atoms with Gasteiger partial charge in [-0.3, -0.25) is 24.2 Å². The first-order valence-corrected chi connectivity index (χ1v) is 12.2. The average Bonchev–Trinajstić information content (AvgIpc) is 2.82. The van der Waals surface area contributed by atoms with Gasteiger partial charge in [-0.15, -0.1) is 0 Å². The number of aliphatic imine (C=N–C) groups is 1. The molecule has 0 aliphatic carbocycles. The van der Waals surface area contributed by atoms with Gasteiger partial charge in [0.2, 0.25) is 17.7 Å². The molecule has 212 valence electrons. The lowest BCUT2D eigenvalue weighted by Crippen LogP contribution is -2.59. The summed E-state index contributed by atoms with van der Waals surface area (Å²) in [5.41, 5.74) is 21.7. The predicted octanol–water partition coefficient (Wildman–Crippen LogP) is -2.44. The van der Waals surface area contributed by atoms with Crippen LogP contribution >= 0.6 is 0 Å². The van der Waals surface area contributed by atoms with Gasteiger partial charge in [-0.2, -0.15) is 0 Å². The summed E-state index contributed by atoms with van der Waals surface area (Å²) in [6.45, 7) is 4.05. The largest absolute Gasteiger partial charge is 0.481 e. The molecule has 15 heteroatoms. The van der Waals surface area contributed by atoms with E-state index in [9.17, 15) is 34.2 Å². The van der Waals surface area contributed by atoms with Gasteiger partial charge < -0.3 is 49.1 Å².